The molecule has 0 amide bonds. The summed E-state index contributed by atoms with van der Waals surface area (Å²) in [6.45, 7) is 1.04. The number of hydrogen-bond donors (Lipinski definition) is 0. The van der Waals surface area contributed by atoms with Crippen LogP contribution in [0.3, 0.4) is 0 Å². The molecule has 31 heavy (non-hydrogen) atoms. The standard InChI is InChI=1S/C22H26F3NO4S/c23-19-10-21(30-11-13-2-5-17-18(8-13)22(17,24)25)15(14-3-4-14)9-16(19)20(27)12-31(28,29)26-6-1-7-26/h9-10,13-14,17-18H,1-8,11-12H2. The Kier molecular flexibility index (Phi) is 5.12. The monoisotopic (exact) mass is 457 g/mol. The number of hydrogen-bond acceptors (Lipinski definition) is 4. The van der Waals surface area contributed by atoms with Gasteiger partial charge in [0.2, 0.25) is 10.0 Å². The van der Waals surface area contributed by atoms with E-state index in [0.717, 1.165) is 25.3 Å². The molecule has 0 bridgehead atoms. The lowest BCUT2D eigenvalue weighted by atomic mass is 9.90. The van der Waals surface area contributed by atoms with E-state index in [2.05, 4.69) is 0 Å². The molecular formula is C22H26F3NO4S. The fourth-order valence-electron chi connectivity index (χ4n) is 4.95. The first-order chi connectivity index (χ1) is 14.7. The summed E-state index contributed by atoms with van der Waals surface area (Å²) in [5, 5.41) is 0. The first kappa shape index (κ1) is 21.2. The summed E-state index contributed by atoms with van der Waals surface area (Å²) in [5.74, 6) is -5.39. The highest BCUT2D eigenvalue weighted by molar-refractivity contribution is 7.89. The summed E-state index contributed by atoms with van der Waals surface area (Å²) in [6.07, 6.45) is 4.13. The zero-order chi connectivity index (χ0) is 22.0. The van der Waals surface area contributed by atoms with Crippen molar-refractivity contribution < 1.29 is 31.1 Å². The molecule has 3 aliphatic carbocycles. The summed E-state index contributed by atoms with van der Waals surface area (Å²) in [4.78, 5) is 12.6. The van der Waals surface area contributed by atoms with Gasteiger partial charge >= 0.3 is 0 Å². The quantitative estimate of drug-likeness (QED) is 0.554. The number of carbonyl (C=O) groups is 1. The Morgan fingerprint density at radius 1 is 1.13 bits per heavy atom. The molecule has 0 aromatic heterocycles. The Morgan fingerprint density at radius 2 is 1.87 bits per heavy atom. The SMILES string of the molecule is O=C(CS(=O)(=O)N1CCC1)c1cc(C2CC2)c(OCC2CCC3C(C2)C3(F)F)cc1F. The van der Waals surface area contributed by atoms with Crippen LogP contribution in [0.25, 0.3) is 0 Å². The van der Waals surface area contributed by atoms with Gasteiger partial charge in [0.25, 0.3) is 5.92 Å². The van der Waals surface area contributed by atoms with Crippen molar-refractivity contribution in [2.75, 3.05) is 25.4 Å². The molecule has 170 valence electrons. The van der Waals surface area contributed by atoms with E-state index in [1.165, 1.54) is 10.4 Å². The molecule has 4 fully saturated rings. The lowest BCUT2D eigenvalue weighted by Crippen LogP contribution is -2.44. The van der Waals surface area contributed by atoms with Crippen LogP contribution in [0, 0.1) is 23.6 Å². The maximum absolute atomic E-state index is 14.8. The van der Waals surface area contributed by atoms with E-state index in [1.54, 1.807) is 0 Å². The Balaban J connectivity index is 1.29. The summed E-state index contributed by atoms with van der Waals surface area (Å²) >= 11 is 0. The van der Waals surface area contributed by atoms with Crippen LogP contribution in [0.4, 0.5) is 13.2 Å². The molecule has 1 aromatic rings. The highest BCUT2D eigenvalue weighted by Gasteiger charge is 2.68. The van der Waals surface area contributed by atoms with Crippen LogP contribution in [-0.4, -0.2) is 49.9 Å². The van der Waals surface area contributed by atoms with Gasteiger partial charge in [-0.2, -0.15) is 0 Å². The summed E-state index contributed by atoms with van der Waals surface area (Å²) in [7, 11) is -3.73. The first-order valence-electron chi connectivity index (χ1n) is 11.0. The number of rotatable bonds is 8. The zero-order valence-corrected chi connectivity index (χ0v) is 18.0. The molecule has 5 rings (SSSR count). The minimum absolute atomic E-state index is 0.00715. The molecule has 9 heteroatoms. The molecule has 0 radical (unpaired) electrons. The minimum Gasteiger partial charge on any atom is -0.493 e. The highest BCUT2D eigenvalue weighted by Crippen LogP contribution is 2.63. The fourth-order valence-corrected chi connectivity index (χ4v) is 6.43. The van der Waals surface area contributed by atoms with Gasteiger partial charge in [0.1, 0.15) is 17.3 Å². The Hall–Kier alpha value is -1.61. The van der Waals surface area contributed by atoms with Gasteiger partial charge in [0.15, 0.2) is 5.78 Å². The number of sulfonamides is 1. The second-order valence-electron chi connectivity index (χ2n) is 9.45. The number of fused-ring (bicyclic) bond motifs is 1. The third kappa shape index (κ3) is 3.99. The number of ether oxygens (including phenoxy) is 1. The lowest BCUT2D eigenvalue weighted by Gasteiger charge is -2.29. The van der Waals surface area contributed by atoms with Crippen LogP contribution >= 0.6 is 0 Å². The largest absolute Gasteiger partial charge is 0.493 e. The summed E-state index contributed by atoms with van der Waals surface area (Å²) in [5.41, 5.74) is 0.480. The van der Waals surface area contributed by atoms with Gasteiger partial charge in [0.05, 0.1) is 12.2 Å². The number of alkyl halides is 2. The topological polar surface area (TPSA) is 63.7 Å². The molecule has 5 nitrogen and oxygen atoms in total. The maximum Gasteiger partial charge on any atom is 0.254 e. The van der Waals surface area contributed by atoms with Gasteiger partial charge in [-0.25, -0.2) is 25.9 Å². The van der Waals surface area contributed by atoms with Crippen molar-refractivity contribution in [1.82, 2.24) is 4.31 Å². The normalized spacial score (nSPS) is 29.7. The van der Waals surface area contributed by atoms with Crippen LogP contribution in [-0.2, 0) is 10.0 Å². The molecule has 1 aliphatic heterocycles. The molecule has 1 heterocycles. The highest BCUT2D eigenvalue weighted by atomic mass is 32.2. The molecule has 1 aromatic carbocycles. The molecule has 0 spiro atoms. The predicted octanol–water partition coefficient (Wildman–Crippen LogP) is 3.98. The van der Waals surface area contributed by atoms with Crippen molar-refractivity contribution in [3.05, 3.63) is 29.1 Å². The van der Waals surface area contributed by atoms with E-state index in [1.807, 2.05) is 0 Å². The Bertz CT molecular complexity index is 1000. The molecule has 3 saturated carbocycles. The van der Waals surface area contributed by atoms with E-state index in [0.29, 0.717) is 43.7 Å². The number of ketones is 1. The van der Waals surface area contributed by atoms with Gasteiger partial charge in [-0.1, -0.05) is 0 Å². The van der Waals surface area contributed by atoms with Crippen molar-refractivity contribution in [2.24, 2.45) is 17.8 Å². The van der Waals surface area contributed by atoms with Crippen LogP contribution in [0.5, 0.6) is 5.75 Å². The van der Waals surface area contributed by atoms with Crippen LogP contribution in [0.15, 0.2) is 12.1 Å². The number of halogens is 3. The van der Waals surface area contributed by atoms with E-state index >= 15 is 0 Å². The lowest BCUT2D eigenvalue weighted by molar-refractivity contribution is 0.0836. The second-order valence-corrected chi connectivity index (χ2v) is 11.4. The van der Waals surface area contributed by atoms with E-state index in [9.17, 15) is 26.4 Å². The Labute approximate surface area is 180 Å². The maximum atomic E-state index is 14.8. The number of carbonyl (C=O) groups excluding carboxylic acids is 1. The third-order valence-corrected chi connectivity index (χ3v) is 9.03. The zero-order valence-electron chi connectivity index (χ0n) is 17.2. The van der Waals surface area contributed by atoms with Crippen molar-refractivity contribution in [2.45, 2.75) is 50.4 Å². The fraction of sp³-hybridized carbons (Fsp3) is 0.682. The molecular weight excluding hydrogens is 431 g/mol. The number of nitrogens with zero attached hydrogens (tertiary/aromatic N) is 1. The van der Waals surface area contributed by atoms with Crippen molar-refractivity contribution >= 4 is 15.8 Å². The van der Waals surface area contributed by atoms with Crippen molar-refractivity contribution in [3.8, 4) is 5.75 Å². The number of Topliss-reactive ketones (excluding diaryl/α,β-unsaturated/α-hetero) is 1. The third-order valence-electron chi connectivity index (χ3n) is 7.25. The molecule has 0 N–H and O–H groups in total. The molecule has 4 aliphatic rings. The van der Waals surface area contributed by atoms with Gasteiger partial charge in [-0.3, -0.25) is 4.79 Å². The van der Waals surface area contributed by atoms with Crippen LogP contribution < -0.4 is 4.74 Å². The van der Waals surface area contributed by atoms with E-state index in [-0.39, 0.29) is 24.0 Å². The molecule has 1 saturated heterocycles. The summed E-state index contributed by atoms with van der Waals surface area (Å²) in [6, 6.07) is 2.59. The molecule has 3 atom stereocenters. The first-order valence-corrected chi connectivity index (χ1v) is 12.6. The average molecular weight is 458 g/mol. The van der Waals surface area contributed by atoms with Gasteiger partial charge in [-0.15, -0.1) is 0 Å². The predicted molar refractivity (Wildman–Crippen MR) is 107 cm³/mol. The van der Waals surface area contributed by atoms with Crippen LogP contribution in [0.1, 0.15) is 60.4 Å². The summed E-state index contributed by atoms with van der Waals surface area (Å²) < 4.78 is 73.6. The van der Waals surface area contributed by atoms with Crippen molar-refractivity contribution in [1.29, 1.82) is 0 Å². The Morgan fingerprint density at radius 3 is 2.48 bits per heavy atom. The van der Waals surface area contributed by atoms with E-state index < -0.39 is 45.1 Å². The van der Waals surface area contributed by atoms with Gasteiger partial charge in [-0.05, 0) is 62.0 Å². The second kappa shape index (κ2) is 7.47. The van der Waals surface area contributed by atoms with E-state index in [4.69, 9.17) is 4.74 Å². The van der Waals surface area contributed by atoms with Crippen LogP contribution in [0.2, 0.25) is 0 Å². The van der Waals surface area contributed by atoms with Gasteiger partial charge < -0.3 is 4.74 Å². The average Bonchev–Trinajstić information content (AvgIpc) is 3.56. The number of benzene rings is 1. The van der Waals surface area contributed by atoms with Gasteiger partial charge in [0, 0.05) is 31.0 Å². The minimum atomic E-state index is -3.73. The molecule has 3 unspecified atom stereocenters. The van der Waals surface area contributed by atoms with Crippen molar-refractivity contribution in [3.63, 3.8) is 0 Å². The smallest absolute Gasteiger partial charge is 0.254 e.